The predicted octanol–water partition coefficient (Wildman–Crippen LogP) is 3.45. The van der Waals surface area contributed by atoms with E-state index in [9.17, 15) is 13.2 Å². The van der Waals surface area contributed by atoms with Gasteiger partial charge in [0.05, 0.1) is 10.5 Å². The molecule has 140 valence electrons. The number of sulfonamides is 1. The zero-order valence-electron chi connectivity index (χ0n) is 15.0. The average molecular weight is 439 g/mol. The van der Waals surface area contributed by atoms with Gasteiger partial charge in [0.25, 0.3) is 5.91 Å². The quantitative estimate of drug-likeness (QED) is 0.677. The SMILES string of the molecule is CC(C)(C)c1ccc(S(=O)(=O)NCCNC(=O)c2ccccc2Br)cc1. The molecule has 0 heterocycles. The van der Waals surface area contributed by atoms with Crippen LogP contribution in [-0.4, -0.2) is 27.4 Å². The van der Waals surface area contributed by atoms with Crippen molar-refractivity contribution in [2.24, 2.45) is 0 Å². The van der Waals surface area contributed by atoms with Crippen LogP contribution in [0.5, 0.6) is 0 Å². The van der Waals surface area contributed by atoms with E-state index in [1.807, 2.05) is 18.2 Å². The second kappa shape index (κ2) is 8.33. The van der Waals surface area contributed by atoms with Crippen molar-refractivity contribution in [1.29, 1.82) is 0 Å². The van der Waals surface area contributed by atoms with Crippen LogP contribution in [0.2, 0.25) is 0 Å². The first-order valence-corrected chi connectivity index (χ1v) is 10.5. The van der Waals surface area contributed by atoms with E-state index in [1.165, 1.54) is 0 Å². The third-order valence-corrected chi connectivity index (χ3v) is 6.02. The predicted molar refractivity (Wildman–Crippen MR) is 107 cm³/mol. The van der Waals surface area contributed by atoms with Gasteiger partial charge < -0.3 is 5.32 Å². The van der Waals surface area contributed by atoms with E-state index in [4.69, 9.17) is 0 Å². The van der Waals surface area contributed by atoms with Gasteiger partial charge in [-0.15, -0.1) is 0 Å². The fourth-order valence-corrected chi connectivity index (χ4v) is 3.82. The van der Waals surface area contributed by atoms with Crippen molar-refractivity contribution in [2.45, 2.75) is 31.1 Å². The summed E-state index contributed by atoms with van der Waals surface area (Å²) in [5, 5.41) is 2.70. The van der Waals surface area contributed by atoms with Crippen LogP contribution in [-0.2, 0) is 15.4 Å². The van der Waals surface area contributed by atoms with Crippen molar-refractivity contribution in [3.8, 4) is 0 Å². The Kier molecular flexibility index (Phi) is 6.60. The second-order valence-corrected chi connectivity index (χ2v) is 9.53. The first-order chi connectivity index (χ1) is 12.1. The van der Waals surface area contributed by atoms with Crippen LogP contribution < -0.4 is 10.0 Å². The molecule has 1 amide bonds. The highest BCUT2D eigenvalue weighted by Gasteiger charge is 2.17. The molecule has 2 aromatic carbocycles. The van der Waals surface area contributed by atoms with Crippen LogP contribution in [0.1, 0.15) is 36.7 Å². The summed E-state index contributed by atoms with van der Waals surface area (Å²) in [5.74, 6) is -0.258. The van der Waals surface area contributed by atoms with Gasteiger partial charge >= 0.3 is 0 Å². The van der Waals surface area contributed by atoms with Gasteiger partial charge in [-0.1, -0.05) is 45.0 Å². The molecule has 5 nitrogen and oxygen atoms in total. The zero-order valence-corrected chi connectivity index (χ0v) is 17.4. The second-order valence-electron chi connectivity index (χ2n) is 6.91. The smallest absolute Gasteiger partial charge is 0.252 e. The third-order valence-electron chi connectivity index (χ3n) is 3.85. The number of hydrogen-bond donors (Lipinski definition) is 2. The first-order valence-electron chi connectivity index (χ1n) is 8.24. The molecular formula is C19H23BrN2O3S. The molecular weight excluding hydrogens is 416 g/mol. The summed E-state index contributed by atoms with van der Waals surface area (Å²) in [6.45, 7) is 6.52. The Balaban J connectivity index is 1.90. The maximum Gasteiger partial charge on any atom is 0.252 e. The Morgan fingerprint density at radius 2 is 1.62 bits per heavy atom. The number of amides is 1. The summed E-state index contributed by atoms with van der Waals surface area (Å²) in [5.41, 5.74) is 1.54. The highest BCUT2D eigenvalue weighted by atomic mass is 79.9. The molecule has 0 saturated heterocycles. The van der Waals surface area contributed by atoms with Crippen LogP contribution in [0, 0.1) is 0 Å². The van der Waals surface area contributed by atoms with E-state index in [2.05, 4.69) is 46.7 Å². The molecule has 0 radical (unpaired) electrons. The van der Waals surface area contributed by atoms with Crippen molar-refractivity contribution in [1.82, 2.24) is 10.0 Å². The molecule has 0 fully saturated rings. The summed E-state index contributed by atoms with van der Waals surface area (Å²) >= 11 is 3.32. The van der Waals surface area contributed by atoms with E-state index in [0.717, 1.165) is 5.56 Å². The number of rotatable bonds is 6. The van der Waals surface area contributed by atoms with Gasteiger partial charge in [-0.3, -0.25) is 4.79 Å². The molecule has 26 heavy (non-hydrogen) atoms. The van der Waals surface area contributed by atoms with Crippen LogP contribution in [0.4, 0.5) is 0 Å². The van der Waals surface area contributed by atoms with Gasteiger partial charge in [0.15, 0.2) is 0 Å². The molecule has 0 aromatic heterocycles. The minimum atomic E-state index is -3.60. The Morgan fingerprint density at radius 1 is 1.00 bits per heavy atom. The first kappa shape index (κ1) is 20.6. The lowest BCUT2D eigenvalue weighted by molar-refractivity contribution is 0.0953. The summed E-state index contributed by atoms with van der Waals surface area (Å²) < 4.78 is 27.9. The molecule has 2 N–H and O–H groups in total. The number of hydrogen-bond acceptors (Lipinski definition) is 3. The average Bonchev–Trinajstić information content (AvgIpc) is 2.58. The van der Waals surface area contributed by atoms with Crippen LogP contribution in [0.25, 0.3) is 0 Å². The Bertz CT molecular complexity index is 872. The van der Waals surface area contributed by atoms with Gasteiger partial charge in [-0.25, -0.2) is 13.1 Å². The molecule has 0 aliphatic heterocycles. The van der Waals surface area contributed by atoms with Crippen molar-refractivity contribution in [3.63, 3.8) is 0 Å². The normalized spacial score (nSPS) is 12.0. The lowest BCUT2D eigenvalue weighted by atomic mass is 9.87. The monoisotopic (exact) mass is 438 g/mol. The maximum atomic E-state index is 12.3. The van der Waals surface area contributed by atoms with E-state index in [0.29, 0.717) is 10.0 Å². The highest BCUT2D eigenvalue weighted by Crippen LogP contribution is 2.23. The maximum absolute atomic E-state index is 12.3. The summed E-state index contributed by atoms with van der Waals surface area (Å²) in [6, 6.07) is 13.9. The standard InChI is InChI=1S/C19H23BrN2O3S/c1-19(2,3)14-8-10-15(11-9-14)26(24,25)22-13-12-21-18(23)16-6-4-5-7-17(16)20/h4-11,22H,12-13H2,1-3H3,(H,21,23). The van der Waals surface area contributed by atoms with Gasteiger partial charge in [-0.05, 0) is 51.2 Å². The highest BCUT2D eigenvalue weighted by molar-refractivity contribution is 9.10. The number of halogens is 1. The van der Waals surface area contributed by atoms with Crippen molar-refractivity contribution in [2.75, 3.05) is 13.1 Å². The minimum absolute atomic E-state index is 0.0360. The fraction of sp³-hybridized carbons (Fsp3) is 0.316. The van der Waals surface area contributed by atoms with Crippen molar-refractivity contribution in [3.05, 3.63) is 64.1 Å². The summed E-state index contributed by atoms with van der Waals surface area (Å²) in [6.07, 6.45) is 0. The number of nitrogens with one attached hydrogen (secondary N) is 2. The van der Waals surface area contributed by atoms with Gasteiger partial charge in [0, 0.05) is 17.6 Å². The molecule has 7 heteroatoms. The molecule has 2 rings (SSSR count). The van der Waals surface area contributed by atoms with Crippen LogP contribution in [0.3, 0.4) is 0 Å². The van der Waals surface area contributed by atoms with E-state index < -0.39 is 10.0 Å². The molecule has 0 saturated carbocycles. The third kappa shape index (κ3) is 5.40. The molecule has 0 aliphatic carbocycles. The van der Waals surface area contributed by atoms with E-state index in [-0.39, 0.29) is 29.3 Å². The van der Waals surface area contributed by atoms with Gasteiger partial charge in [0.1, 0.15) is 0 Å². The van der Waals surface area contributed by atoms with Crippen LogP contribution >= 0.6 is 15.9 Å². The Hall–Kier alpha value is -1.70. The minimum Gasteiger partial charge on any atom is -0.351 e. The fourth-order valence-electron chi connectivity index (χ4n) is 2.32. The van der Waals surface area contributed by atoms with E-state index >= 15 is 0 Å². The largest absolute Gasteiger partial charge is 0.351 e. The van der Waals surface area contributed by atoms with E-state index in [1.54, 1.807) is 30.3 Å². The summed E-state index contributed by atoms with van der Waals surface area (Å²) in [7, 11) is -3.60. The Labute approximate surface area is 163 Å². The van der Waals surface area contributed by atoms with Crippen LogP contribution in [0.15, 0.2) is 57.9 Å². The van der Waals surface area contributed by atoms with Gasteiger partial charge in [-0.2, -0.15) is 0 Å². The van der Waals surface area contributed by atoms with Crippen molar-refractivity contribution >= 4 is 31.9 Å². The molecule has 0 atom stereocenters. The number of carbonyl (C=O) groups excluding carboxylic acids is 1. The molecule has 0 unspecified atom stereocenters. The Morgan fingerprint density at radius 3 is 2.19 bits per heavy atom. The number of benzene rings is 2. The lowest BCUT2D eigenvalue weighted by Gasteiger charge is -2.19. The molecule has 2 aromatic rings. The topological polar surface area (TPSA) is 75.3 Å². The zero-order chi connectivity index (χ0) is 19.4. The lowest BCUT2D eigenvalue weighted by Crippen LogP contribution is -2.34. The molecule has 0 aliphatic rings. The molecule has 0 spiro atoms. The van der Waals surface area contributed by atoms with Crippen molar-refractivity contribution < 1.29 is 13.2 Å². The number of carbonyl (C=O) groups is 1. The van der Waals surface area contributed by atoms with Gasteiger partial charge in [0.2, 0.25) is 10.0 Å². The molecule has 0 bridgehead atoms. The summed E-state index contributed by atoms with van der Waals surface area (Å²) in [4.78, 5) is 12.3.